The second-order valence-electron chi connectivity index (χ2n) is 4.91. The highest BCUT2D eigenvalue weighted by Gasteiger charge is 2.24. The Morgan fingerprint density at radius 3 is 2.68 bits per heavy atom. The van der Waals surface area contributed by atoms with Gasteiger partial charge in [0.1, 0.15) is 17.6 Å². The van der Waals surface area contributed by atoms with Crippen LogP contribution in [-0.4, -0.2) is 33.0 Å². The number of hydrogen-bond donors (Lipinski definition) is 3. The van der Waals surface area contributed by atoms with Crippen molar-refractivity contribution in [3.8, 4) is 0 Å². The monoisotopic (exact) mass is 320 g/mol. The summed E-state index contributed by atoms with van der Waals surface area (Å²) in [5.74, 6) is -1.17. The number of rotatable bonds is 6. The van der Waals surface area contributed by atoms with Gasteiger partial charge in [0.05, 0.1) is 0 Å². The molecular formula is C14H16N4O3S. The van der Waals surface area contributed by atoms with E-state index in [0.29, 0.717) is 10.9 Å². The van der Waals surface area contributed by atoms with Gasteiger partial charge in [-0.05, 0) is 18.1 Å². The van der Waals surface area contributed by atoms with Gasteiger partial charge in [-0.2, -0.15) is 0 Å². The second kappa shape index (κ2) is 6.99. The summed E-state index contributed by atoms with van der Waals surface area (Å²) in [6.07, 6.45) is 1.64. The van der Waals surface area contributed by atoms with Gasteiger partial charge in [-0.15, -0.1) is 11.3 Å². The number of nitrogens with zero attached hydrogens (tertiary/aromatic N) is 2. The molecule has 0 fully saturated rings. The van der Waals surface area contributed by atoms with Crippen LogP contribution in [0.1, 0.15) is 24.3 Å². The number of amides is 1. The van der Waals surface area contributed by atoms with E-state index in [-0.39, 0.29) is 11.6 Å². The summed E-state index contributed by atoms with van der Waals surface area (Å²) in [4.78, 5) is 31.4. The van der Waals surface area contributed by atoms with Gasteiger partial charge in [0.25, 0.3) is 5.91 Å². The minimum Gasteiger partial charge on any atom is -0.480 e. The van der Waals surface area contributed by atoms with E-state index in [1.807, 2.05) is 6.07 Å². The SMILES string of the molecule is CC(C)[C@@H](NC(=O)c1csc(Nc2ccccn2)n1)C(=O)O. The number of nitrogens with one attached hydrogen (secondary N) is 2. The molecule has 1 amide bonds. The van der Waals surface area contributed by atoms with Crippen LogP contribution in [0.25, 0.3) is 0 Å². The summed E-state index contributed by atoms with van der Waals surface area (Å²) >= 11 is 1.25. The minimum atomic E-state index is -1.06. The average Bonchev–Trinajstić information content (AvgIpc) is 2.93. The van der Waals surface area contributed by atoms with Crippen LogP contribution in [0, 0.1) is 5.92 Å². The Balaban J connectivity index is 2.04. The Labute approximate surface area is 131 Å². The van der Waals surface area contributed by atoms with Gasteiger partial charge >= 0.3 is 5.97 Å². The number of carboxylic acid groups (broad SMARTS) is 1. The highest BCUT2D eigenvalue weighted by molar-refractivity contribution is 7.14. The first kappa shape index (κ1) is 15.9. The van der Waals surface area contributed by atoms with Crippen molar-refractivity contribution in [3.63, 3.8) is 0 Å². The highest BCUT2D eigenvalue weighted by Crippen LogP contribution is 2.19. The molecule has 0 saturated heterocycles. The first-order valence-corrected chi connectivity index (χ1v) is 7.52. The van der Waals surface area contributed by atoms with Gasteiger partial charge in [0, 0.05) is 11.6 Å². The lowest BCUT2D eigenvalue weighted by molar-refractivity contribution is -0.140. The van der Waals surface area contributed by atoms with Crippen LogP contribution in [-0.2, 0) is 4.79 Å². The molecule has 0 aliphatic heterocycles. The molecule has 2 aromatic heterocycles. The molecule has 0 radical (unpaired) electrons. The maximum absolute atomic E-state index is 12.1. The van der Waals surface area contributed by atoms with Crippen molar-refractivity contribution < 1.29 is 14.7 Å². The predicted octanol–water partition coefficient (Wildman–Crippen LogP) is 2.12. The Morgan fingerprint density at radius 2 is 2.09 bits per heavy atom. The number of aromatic nitrogens is 2. The van der Waals surface area contributed by atoms with Crippen molar-refractivity contribution in [3.05, 3.63) is 35.5 Å². The number of carbonyl (C=O) groups is 2. The molecule has 8 heteroatoms. The van der Waals surface area contributed by atoms with E-state index < -0.39 is 17.9 Å². The molecule has 0 aliphatic carbocycles. The molecule has 0 unspecified atom stereocenters. The van der Waals surface area contributed by atoms with Crippen molar-refractivity contribution in [2.75, 3.05) is 5.32 Å². The second-order valence-corrected chi connectivity index (χ2v) is 5.77. The van der Waals surface area contributed by atoms with Crippen molar-refractivity contribution >= 4 is 34.2 Å². The summed E-state index contributed by atoms with van der Waals surface area (Å²) in [6, 6.07) is 4.46. The summed E-state index contributed by atoms with van der Waals surface area (Å²) in [6.45, 7) is 3.46. The molecule has 22 heavy (non-hydrogen) atoms. The van der Waals surface area contributed by atoms with E-state index in [0.717, 1.165) is 0 Å². The van der Waals surface area contributed by atoms with Crippen molar-refractivity contribution in [1.82, 2.24) is 15.3 Å². The summed E-state index contributed by atoms with van der Waals surface area (Å²) < 4.78 is 0. The van der Waals surface area contributed by atoms with Gasteiger partial charge in [0.2, 0.25) is 0 Å². The summed E-state index contributed by atoms with van der Waals surface area (Å²) in [5, 5.41) is 16.6. The Bertz CT molecular complexity index is 657. The van der Waals surface area contributed by atoms with E-state index >= 15 is 0 Å². The van der Waals surface area contributed by atoms with Crippen molar-refractivity contribution in [2.45, 2.75) is 19.9 Å². The topological polar surface area (TPSA) is 104 Å². The lowest BCUT2D eigenvalue weighted by Crippen LogP contribution is -2.44. The molecule has 7 nitrogen and oxygen atoms in total. The molecule has 0 bridgehead atoms. The number of hydrogen-bond acceptors (Lipinski definition) is 6. The Kier molecular flexibility index (Phi) is 5.05. The van der Waals surface area contributed by atoms with Gasteiger partial charge in [-0.1, -0.05) is 19.9 Å². The quantitative estimate of drug-likeness (QED) is 0.753. The molecule has 116 valence electrons. The van der Waals surface area contributed by atoms with E-state index in [9.17, 15) is 9.59 Å². The average molecular weight is 320 g/mol. The fourth-order valence-corrected chi connectivity index (χ4v) is 2.41. The van der Waals surface area contributed by atoms with Gasteiger partial charge < -0.3 is 15.7 Å². The largest absolute Gasteiger partial charge is 0.480 e. The zero-order chi connectivity index (χ0) is 16.1. The third-order valence-corrected chi connectivity index (χ3v) is 3.61. The van der Waals surface area contributed by atoms with E-state index in [4.69, 9.17) is 5.11 Å². The van der Waals surface area contributed by atoms with Crippen LogP contribution in [0.4, 0.5) is 10.9 Å². The minimum absolute atomic E-state index is 0.176. The summed E-state index contributed by atoms with van der Waals surface area (Å²) in [7, 11) is 0. The lowest BCUT2D eigenvalue weighted by Gasteiger charge is -2.16. The highest BCUT2D eigenvalue weighted by atomic mass is 32.1. The zero-order valence-corrected chi connectivity index (χ0v) is 12.9. The Hall–Kier alpha value is -2.48. The van der Waals surface area contributed by atoms with E-state index in [1.165, 1.54) is 11.3 Å². The van der Waals surface area contributed by atoms with Crippen LogP contribution in [0.15, 0.2) is 29.8 Å². The molecule has 0 aromatic carbocycles. The van der Waals surface area contributed by atoms with Gasteiger partial charge in [-0.25, -0.2) is 14.8 Å². The molecule has 1 atom stereocenters. The van der Waals surface area contributed by atoms with Crippen molar-refractivity contribution in [1.29, 1.82) is 0 Å². The van der Waals surface area contributed by atoms with Crippen LogP contribution in [0.3, 0.4) is 0 Å². The number of anilines is 2. The molecule has 0 aliphatic rings. The van der Waals surface area contributed by atoms with Crippen LogP contribution in [0.2, 0.25) is 0 Å². The normalized spacial score (nSPS) is 12.0. The van der Waals surface area contributed by atoms with Crippen LogP contribution < -0.4 is 10.6 Å². The summed E-state index contributed by atoms with van der Waals surface area (Å²) in [5.41, 5.74) is 0.176. The first-order valence-electron chi connectivity index (χ1n) is 6.64. The van der Waals surface area contributed by atoms with E-state index in [1.54, 1.807) is 37.6 Å². The van der Waals surface area contributed by atoms with Crippen LogP contribution >= 0.6 is 11.3 Å². The van der Waals surface area contributed by atoms with Gasteiger partial charge in [-0.3, -0.25) is 4.79 Å². The molecule has 3 N–H and O–H groups in total. The number of pyridine rings is 1. The fraction of sp³-hybridized carbons (Fsp3) is 0.286. The number of aliphatic carboxylic acids is 1. The number of thiazole rings is 1. The third kappa shape index (κ3) is 4.01. The van der Waals surface area contributed by atoms with Crippen LogP contribution in [0.5, 0.6) is 0 Å². The van der Waals surface area contributed by atoms with E-state index in [2.05, 4.69) is 20.6 Å². The number of carboxylic acids is 1. The third-order valence-electron chi connectivity index (χ3n) is 2.86. The maximum Gasteiger partial charge on any atom is 0.326 e. The molecule has 0 saturated carbocycles. The standard InChI is InChI=1S/C14H16N4O3S/c1-8(2)11(13(20)21)18-12(19)9-7-22-14(16-9)17-10-5-3-4-6-15-10/h3-8,11H,1-2H3,(H,18,19)(H,20,21)(H,15,16,17)/t11-/m1/s1. The molecule has 2 heterocycles. The van der Waals surface area contributed by atoms with Gasteiger partial charge in [0.15, 0.2) is 5.13 Å². The first-order chi connectivity index (χ1) is 10.5. The molecule has 2 rings (SSSR count). The maximum atomic E-state index is 12.1. The lowest BCUT2D eigenvalue weighted by atomic mass is 10.0. The molecular weight excluding hydrogens is 304 g/mol. The molecule has 0 spiro atoms. The molecule has 2 aromatic rings. The smallest absolute Gasteiger partial charge is 0.326 e. The van der Waals surface area contributed by atoms with Crippen molar-refractivity contribution in [2.24, 2.45) is 5.92 Å². The number of carbonyl (C=O) groups excluding carboxylic acids is 1. The fourth-order valence-electron chi connectivity index (χ4n) is 1.71. The predicted molar refractivity (Wildman–Crippen MR) is 83.4 cm³/mol. The zero-order valence-electron chi connectivity index (χ0n) is 12.1. The Morgan fingerprint density at radius 1 is 1.32 bits per heavy atom.